The van der Waals surface area contributed by atoms with Gasteiger partial charge in [-0.05, 0) is 58.0 Å². The maximum Gasteiger partial charge on any atom is 0.414 e. The molecule has 6 heteroatoms. The smallest absolute Gasteiger partial charge is 0.414 e. The number of hydrogen-bond acceptors (Lipinski definition) is 4. The highest BCUT2D eigenvalue weighted by Crippen LogP contribution is 2.40. The molecule has 1 aliphatic carbocycles. The van der Waals surface area contributed by atoms with Gasteiger partial charge in [-0.15, -0.1) is 0 Å². The van der Waals surface area contributed by atoms with Crippen LogP contribution >= 0.6 is 0 Å². The van der Waals surface area contributed by atoms with E-state index in [-0.39, 0.29) is 18.1 Å². The molecule has 1 N–H and O–H groups in total. The number of nitrogens with one attached hydrogen (secondary N) is 1. The number of amides is 2. The van der Waals surface area contributed by atoms with Crippen molar-refractivity contribution in [1.29, 1.82) is 0 Å². The van der Waals surface area contributed by atoms with Crippen LogP contribution in [0.5, 0.6) is 0 Å². The first-order valence-electron chi connectivity index (χ1n) is 9.98. The summed E-state index contributed by atoms with van der Waals surface area (Å²) in [4.78, 5) is 29.3. The van der Waals surface area contributed by atoms with Crippen LogP contribution in [0.3, 0.4) is 0 Å². The molecule has 150 valence electrons. The molecule has 2 aromatic carbocycles. The summed E-state index contributed by atoms with van der Waals surface area (Å²) < 4.78 is 5.39. The molecular weight excluding hydrogens is 378 g/mol. The van der Waals surface area contributed by atoms with Crippen molar-refractivity contribution in [2.75, 3.05) is 18.0 Å². The van der Waals surface area contributed by atoms with E-state index in [0.29, 0.717) is 13.1 Å². The van der Waals surface area contributed by atoms with Gasteiger partial charge in [0, 0.05) is 25.0 Å². The number of benzene rings is 2. The number of cyclic esters (lactones) is 1. The summed E-state index contributed by atoms with van der Waals surface area (Å²) in [6, 6.07) is 16.6. The highest BCUT2D eigenvalue weighted by molar-refractivity contribution is 5.91. The standard InChI is InChI=1S/C24H21N3O3/c1-15(28)26-13-21-14-27(24(29)30-21)20-5-7-23-19(11-20)10-18-9-16(4-6-22(18)23)17-3-2-8-25-12-17/h2-9,11-12,21H,10,13-14H2,1H3,(H,26,28). The fraction of sp³-hybridized carbons (Fsp3) is 0.208. The molecule has 3 aromatic rings. The Kier molecular flexibility index (Phi) is 4.47. The lowest BCUT2D eigenvalue weighted by atomic mass is 10.0. The van der Waals surface area contributed by atoms with E-state index in [1.54, 1.807) is 11.1 Å². The molecule has 2 amide bonds. The van der Waals surface area contributed by atoms with Crippen molar-refractivity contribution in [3.8, 4) is 22.3 Å². The Bertz CT molecular complexity index is 1140. The highest BCUT2D eigenvalue weighted by Gasteiger charge is 2.33. The van der Waals surface area contributed by atoms with Crippen LogP contribution in [-0.4, -0.2) is 36.2 Å². The lowest BCUT2D eigenvalue weighted by Crippen LogP contribution is -2.33. The van der Waals surface area contributed by atoms with Crippen molar-refractivity contribution in [2.45, 2.75) is 19.4 Å². The summed E-state index contributed by atoms with van der Waals surface area (Å²) >= 11 is 0. The van der Waals surface area contributed by atoms with Crippen molar-refractivity contribution in [1.82, 2.24) is 10.3 Å². The molecule has 1 aromatic heterocycles. The maximum atomic E-state index is 12.3. The summed E-state index contributed by atoms with van der Waals surface area (Å²) in [5, 5.41) is 2.71. The minimum absolute atomic E-state index is 0.134. The molecule has 6 nitrogen and oxygen atoms in total. The first-order chi connectivity index (χ1) is 14.6. The molecule has 0 radical (unpaired) electrons. The lowest BCUT2D eigenvalue weighted by Gasteiger charge is -2.14. The number of nitrogens with zero attached hydrogens (tertiary/aromatic N) is 2. The minimum atomic E-state index is -0.375. The largest absolute Gasteiger partial charge is 0.442 e. The van der Waals surface area contributed by atoms with Gasteiger partial charge in [0.1, 0.15) is 6.10 Å². The second-order valence-corrected chi connectivity index (χ2v) is 7.69. The number of anilines is 1. The number of hydrogen-bond donors (Lipinski definition) is 1. The van der Waals surface area contributed by atoms with Crippen molar-refractivity contribution >= 4 is 17.7 Å². The van der Waals surface area contributed by atoms with Gasteiger partial charge in [0.25, 0.3) is 0 Å². The molecular formula is C24H21N3O3. The molecule has 0 spiro atoms. The van der Waals surface area contributed by atoms with Gasteiger partial charge in [-0.3, -0.25) is 14.7 Å². The van der Waals surface area contributed by atoms with E-state index in [1.807, 2.05) is 18.3 Å². The summed E-state index contributed by atoms with van der Waals surface area (Å²) in [5.41, 5.74) is 7.98. The Morgan fingerprint density at radius 2 is 1.93 bits per heavy atom. The molecule has 2 aliphatic rings. The van der Waals surface area contributed by atoms with Gasteiger partial charge in [0.05, 0.1) is 13.1 Å². The van der Waals surface area contributed by atoms with Crippen molar-refractivity contribution in [3.05, 3.63) is 72.1 Å². The van der Waals surface area contributed by atoms with Crippen LogP contribution in [0.4, 0.5) is 10.5 Å². The van der Waals surface area contributed by atoms with Gasteiger partial charge in [0.15, 0.2) is 0 Å². The SMILES string of the molecule is CC(=O)NCC1CN(c2ccc3c(c2)Cc2cc(-c4cccnc4)ccc2-3)C(=O)O1. The Morgan fingerprint density at radius 1 is 1.13 bits per heavy atom. The predicted molar refractivity (Wildman–Crippen MR) is 114 cm³/mol. The zero-order chi connectivity index (χ0) is 20.7. The van der Waals surface area contributed by atoms with Gasteiger partial charge >= 0.3 is 6.09 Å². The third kappa shape index (κ3) is 3.30. The molecule has 30 heavy (non-hydrogen) atoms. The van der Waals surface area contributed by atoms with Crippen molar-refractivity contribution < 1.29 is 14.3 Å². The quantitative estimate of drug-likeness (QED) is 0.567. The molecule has 1 unspecified atom stereocenters. The Labute approximate surface area is 174 Å². The van der Waals surface area contributed by atoms with Gasteiger partial charge in [-0.1, -0.05) is 30.3 Å². The first kappa shape index (κ1) is 18.4. The number of pyridine rings is 1. The molecule has 0 saturated carbocycles. The monoisotopic (exact) mass is 399 g/mol. The normalized spacial score (nSPS) is 16.8. The Morgan fingerprint density at radius 3 is 2.70 bits per heavy atom. The van der Waals surface area contributed by atoms with E-state index in [2.05, 4.69) is 46.7 Å². The zero-order valence-electron chi connectivity index (χ0n) is 16.6. The van der Waals surface area contributed by atoms with Gasteiger partial charge in [0.2, 0.25) is 5.91 Å². The van der Waals surface area contributed by atoms with Crippen LogP contribution in [0.25, 0.3) is 22.3 Å². The topological polar surface area (TPSA) is 71.5 Å². The number of ether oxygens (including phenoxy) is 1. The molecule has 5 rings (SSSR count). The highest BCUT2D eigenvalue weighted by atomic mass is 16.6. The fourth-order valence-corrected chi connectivity index (χ4v) is 4.17. The number of rotatable bonds is 4. The van der Waals surface area contributed by atoms with Crippen LogP contribution in [0.1, 0.15) is 18.1 Å². The van der Waals surface area contributed by atoms with E-state index in [0.717, 1.165) is 23.2 Å². The van der Waals surface area contributed by atoms with E-state index in [1.165, 1.54) is 29.2 Å². The average Bonchev–Trinajstić information content (AvgIpc) is 3.31. The number of aromatic nitrogens is 1. The summed E-state index contributed by atoms with van der Waals surface area (Å²) in [7, 11) is 0. The molecule has 1 saturated heterocycles. The van der Waals surface area contributed by atoms with Crippen LogP contribution in [0, 0.1) is 0 Å². The van der Waals surface area contributed by atoms with E-state index >= 15 is 0 Å². The second-order valence-electron chi connectivity index (χ2n) is 7.69. The van der Waals surface area contributed by atoms with E-state index in [9.17, 15) is 9.59 Å². The summed E-state index contributed by atoms with van der Waals surface area (Å²) in [6.07, 6.45) is 3.76. The molecule has 1 fully saturated rings. The van der Waals surface area contributed by atoms with Crippen LogP contribution in [0.2, 0.25) is 0 Å². The Hall–Kier alpha value is -3.67. The lowest BCUT2D eigenvalue weighted by molar-refractivity contribution is -0.119. The number of carbonyl (C=O) groups is 2. The molecule has 0 bridgehead atoms. The third-order valence-electron chi connectivity index (χ3n) is 5.62. The van der Waals surface area contributed by atoms with Crippen LogP contribution < -0.4 is 10.2 Å². The number of carbonyl (C=O) groups excluding carboxylic acids is 2. The third-order valence-corrected chi connectivity index (χ3v) is 5.62. The molecule has 1 atom stereocenters. The predicted octanol–water partition coefficient (Wildman–Crippen LogP) is 3.78. The van der Waals surface area contributed by atoms with E-state index in [4.69, 9.17) is 4.74 Å². The van der Waals surface area contributed by atoms with Gasteiger partial charge < -0.3 is 10.1 Å². The first-order valence-corrected chi connectivity index (χ1v) is 9.98. The van der Waals surface area contributed by atoms with E-state index < -0.39 is 0 Å². The van der Waals surface area contributed by atoms with Gasteiger partial charge in [-0.25, -0.2) is 4.79 Å². The van der Waals surface area contributed by atoms with Gasteiger partial charge in [-0.2, -0.15) is 0 Å². The minimum Gasteiger partial charge on any atom is -0.442 e. The molecule has 2 heterocycles. The number of fused-ring (bicyclic) bond motifs is 3. The van der Waals surface area contributed by atoms with Crippen molar-refractivity contribution in [3.63, 3.8) is 0 Å². The van der Waals surface area contributed by atoms with Crippen molar-refractivity contribution in [2.24, 2.45) is 0 Å². The van der Waals surface area contributed by atoms with Crippen LogP contribution in [0.15, 0.2) is 60.9 Å². The summed E-state index contributed by atoms with van der Waals surface area (Å²) in [5.74, 6) is -0.134. The Balaban J connectivity index is 1.38. The second kappa shape index (κ2) is 7.30. The maximum absolute atomic E-state index is 12.3. The summed E-state index contributed by atoms with van der Waals surface area (Å²) in [6.45, 7) is 2.20. The molecule has 1 aliphatic heterocycles. The zero-order valence-corrected chi connectivity index (χ0v) is 16.6. The average molecular weight is 399 g/mol. The van der Waals surface area contributed by atoms with Crippen LogP contribution in [-0.2, 0) is 16.0 Å². The fourth-order valence-electron chi connectivity index (χ4n) is 4.17.